The molecule has 2 heterocycles. The third-order valence-electron chi connectivity index (χ3n) is 8.42. The Bertz CT molecular complexity index is 1910. The Morgan fingerprint density at radius 2 is 1.10 bits per heavy atom. The molecule has 1 aliphatic carbocycles. The summed E-state index contributed by atoms with van der Waals surface area (Å²) < 4.78 is 6.23. The van der Waals surface area contributed by atoms with E-state index in [1.165, 1.54) is 38.9 Å². The molecule has 5 aromatic carbocycles. The molecule has 8 rings (SSSR count). The number of aromatic nitrogens is 3. The van der Waals surface area contributed by atoms with Gasteiger partial charge in [0.25, 0.3) is 0 Å². The van der Waals surface area contributed by atoms with Gasteiger partial charge >= 0.3 is 0 Å². The van der Waals surface area contributed by atoms with Gasteiger partial charge in [0.1, 0.15) is 12.4 Å². The third kappa shape index (κ3) is 3.79. The molecule has 1 aliphatic heterocycles. The lowest BCUT2D eigenvalue weighted by atomic mass is 9.80. The van der Waals surface area contributed by atoms with Gasteiger partial charge in [0.2, 0.25) is 0 Å². The zero-order valence-electron chi connectivity index (χ0n) is 22.9. The van der Waals surface area contributed by atoms with Gasteiger partial charge in [-0.2, -0.15) is 0 Å². The Balaban J connectivity index is 1.27. The van der Waals surface area contributed by atoms with Crippen LogP contribution in [0.3, 0.4) is 0 Å². The largest absolute Gasteiger partial charge is 0.488 e. The average Bonchev–Trinajstić information content (AvgIpc) is 3.25. The van der Waals surface area contributed by atoms with Gasteiger partial charge in [-0.3, -0.25) is 0 Å². The van der Waals surface area contributed by atoms with Crippen molar-refractivity contribution in [3.05, 3.63) is 132 Å². The fourth-order valence-electron chi connectivity index (χ4n) is 6.23. The van der Waals surface area contributed by atoms with Crippen molar-refractivity contribution in [3.63, 3.8) is 0 Å². The van der Waals surface area contributed by atoms with Crippen molar-refractivity contribution in [3.8, 4) is 62.2 Å². The quantitative estimate of drug-likeness (QED) is 0.230. The van der Waals surface area contributed by atoms with Crippen molar-refractivity contribution in [2.45, 2.75) is 25.9 Å². The maximum atomic E-state index is 6.23. The van der Waals surface area contributed by atoms with E-state index in [0.717, 1.165) is 22.4 Å². The SMILES string of the molecule is CC1(C)c2cc(-c3nc(-c4ccccc4)nc(-c4ccccc4)n3)ccc2-c2cc3c(cc21)-c1ccccc1CO3. The maximum Gasteiger partial charge on any atom is 0.164 e. The molecule has 0 atom stereocenters. The summed E-state index contributed by atoms with van der Waals surface area (Å²) in [6, 6.07) is 40.0. The first-order chi connectivity index (χ1) is 20.1. The van der Waals surface area contributed by atoms with Crippen LogP contribution in [0.2, 0.25) is 0 Å². The minimum atomic E-state index is -0.195. The number of fused-ring (bicyclic) bond motifs is 6. The van der Waals surface area contributed by atoms with E-state index < -0.39 is 0 Å². The first-order valence-electron chi connectivity index (χ1n) is 14.0. The number of benzene rings is 5. The van der Waals surface area contributed by atoms with E-state index in [0.29, 0.717) is 24.1 Å². The zero-order valence-corrected chi connectivity index (χ0v) is 22.9. The lowest BCUT2D eigenvalue weighted by molar-refractivity contribution is 0.302. The molecule has 0 bridgehead atoms. The van der Waals surface area contributed by atoms with Crippen LogP contribution in [0.25, 0.3) is 56.4 Å². The Kier molecular flexibility index (Phi) is 5.20. The maximum absolute atomic E-state index is 6.23. The van der Waals surface area contributed by atoms with Crippen LogP contribution in [0.4, 0.5) is 0 Å². The predicted molar refractivity (Wildman–Crippen MR) is 163 cm³/mol. The summed E-state index contributed by atoms with van der Waals surface area (Å²) in [5.74, 6) is 2.96. The van der Waals surface area contributed by atoms with Gasteiger partial charge in [0.05, 0.1) is 0 Å². The number of hydrogen-bond donors (Lipinski definition) is 0. The molecule has 4 heteroatoms. The average molecular weight is 530 g/mol. The van der Waals surface area contributed by atoms with Crippen LogP contribution in [-0.4, -0.2) is 15.0 Å². The Labute approximate surface area is 239 Å². The molecule has 0 fully saturated rings. The molecule has 0 N–H and O–H groups in total. The highest BCUT2D eigenvalue weighted by atomic mass is 16.5. The molecule has 0 amide bonds. The highest BCUT2D eigenvalue weighted by Crippen LogP contribution is 2.53. The Hall–Kier alpha value is -5.09. The fraction of sp³-hybridized carbons (Fsp3) is 0.108. The standard InChI is InChI=1S/C37H27N3O/c1-37(2)31-19-25(36-39-34(23-11-5-3-6-12-23)38-35(40-36)24-13-7-4-8-14-24)17-18-28(31)29-21-33-30(20-32(29)37)27-16-10-9-15-26(27)22-41-33/h3-21H,22H2,1-2H3. The molecular weight excluding hydrogens is 502 g/mol. The smallest absolute Gasteiger partial charge is 0.164 e. The molecular formula is C37H27N3O. The molecule has 1 aromatic heterocycles. The van der Waals surface area contributed by atoms with Crippen LogP contribution in [0.1, 0.15) is 30.5 Å². The highest BCUT2D eigenvalue weighted by molar-refractivity contribution is 5.88. The van der Waals surface area contributed by atoms with E-state index in [9.17, 15) is 0 Å². The molecule has 0 radical (unpaired) electrons. The van der Waals surface area contributed by atoms with Crippen molar-refractivity contribution in [1.82, 2.24) is 15.0 Å². The molecule has 6 aromatic rings. The second kappa shape index (κ2) is 8.97. The summed E-state index contributed by atoms with van der Waals surface area (Å²) >= 11 is 0. The van der Waals surface area contributed by atoms with Gasteiger partial charge in [-0.05, 0) is 51.6 Å². The van der Waals surface area contributed by atoms with E-state index >= 15 is 0 Å². The van der Waals surface area contributed by atoms with Crippen LogP contribution in [0, 0.1) is 0 Å². The van der Waals surface area contributed by atoms with Gasteiger partial charge in [-0.25, -0.2) is 15.0 Å². The number of ether oxygens (including phenoxy) is 1. The van der Waals surface area contributed by atoms with E-state index in [4.69, 9.17) is 19.7 Å². The second-order valence-electron chi connectivity index (χ2n) is 11.3. The second-order valence-corrected chi connectivity index (χ2v) is 11.3. The van der Waals surface area contributed by atoms with Crippen LogP contribution < -0.4 is 4.74 Å². The summed E-state index contributed by atoms with van der Waals surface area (Å²) in [6.45, 7) is 5.22. The summed E-state index contributed by atoms with van der Waals surface area (Å²) in [7, 11) is 0. The van der Waals surface area contributed by atoms with Gasteiger partial charge in [0.15, 0.2) is 17.5 Å². The van der Waals surface area contributed by atoms with E-state index in [-0.39, 0.29) is 5.41 Å². The van der Waals surface area contributed by atoms with Crippen molar-refractivity contribution >= 4 is 0 Å². The van der Waals surface area contributed by atoms with Crippen molar-refractivity contribution in [2.24, 2.45) is 0 Å². The van der Waals surface area contributed by atoms with Gasteiger partial charge in [-0.1, -0.05) is 111 Å². The van der Waals surface area contributed by atoms with Crippen molar-refractivity contribution in [2.75, 3.05) is 0 Å². The molecule has 0 saturated carbocycles. The molecule has 196 valence electrons. The number of nitrogens with zero attached hydrogens (tertiary/aromatic N) is 3. The highest BCUT2D eigenvalue weighted by Gasteiger charge is 2.37. The first kappa shape index (κ1) is 23.8. The lowest BCUT2D eigenvalue weighted by Gasteiger charge is -2.25. The van der Waals surface area contributed by atoms with Crippen molar-refractivity contribution in [1.29, 1.82) is 0 Å². The van der Waals surface area contributed by atoms with Gasteiger partial charge < -0.3 is 4.74 Å². The predicted octanol–water partition coefficient (Wildman–Crippen LogP) is 8.74. The van der Waals surface area contributed by atoms with Crippen molar-refractivity contribution < 1.29 is 4.74 Å². The zero-order chi connectivity index (χ0) is 27.6. The van der Waals surface area contributed by atoms with E-state index in [1.54, 1.807) is 0 Å². The van der Waals surface area contributed by atoms with E-state index in [2.05, 4.69) is 68.4 Å². The molecule has 0 spiro atoms. The molecule has 0 saturated heterocycles. The number of rotatable bonds is 3. The molecule has 4 nitrogen and oxygen atoms in total. The summed E-state index contributed by atoms with van der Waals surface area (Å²) in [5, 5.41) is 0. The van der Waals surface area contributed by atoms with Crippen LogP contribution >= 0.6 is 0 Å². The minimum absolute atomic E-state index is 0.195. The first-order valence-corrected chi connectivity index (χ1v) is 14.0. The fourth-order valence-corrected chi connectivity index (χ4v) is 6.23. The topological polar surface area (TPSA) is 47.9 Å². The summed E-state index contributed by atoms with van der Waals surface area (Å²) in [6.07, 6.45) is 0. The summed E-state index contributed by atoms with van der Waals surface area (Å²) in [4.78, 5) is 14.8. The van der Waals surface area contributed by atoms with Crippen LogP contribution in [-0.2, 0) is 12.0 Å². The molecule has 0 unspecified atom stereocenters. The number of hydrogen-bond acceptors (Lipinski definition) is 4. The van der Waals surface area contributed by atoms with Crippen LogP contribution in [0.15, 0.2) is 115 Å². The van der Waals surface area contributed by atoms with E-state index in [1.807, 2.05) is 60.7 Å². The summed E-state index contributed by atoms with van der Waals surface area (Å²) in [5.41, 5.74) is 11.4. The molecule has 41 heavy (non-hydrogen) atoms. The minimum Gasteiger partial charge on any atom is -0.488 e. The van der Waals surface area contributed by atoms with Gasteiger partial charge in [-0.15, -0.1) is 0 Å². The molecule has 2 aliphatic rings. The normalized spacial score (nSPS) is 13.9. The van der Waals surface area contributed by atoms with Gasteiger partial charge in [0, 0.05) is 27.7 Å². The Morgan fingerprint density at radius 1 is 0.512 bits per heavy atom. The lowest BCUT2D eigenvalue weighted by Crippen LogP contribution is -2.16. The monoisotopic (exact) mass is 529 g/mol. The third-order valence-corrected chi connectivity index (χ3v) is 8.42. The van der Waals surface area contributed by atoms with Crippen LogP contribution in [0.5, 0.6) is 5.75 Å². The Morgan fingerprint density at radius 3 is 1.78 bits per heavy atom.